The van der Waals surface area contributed by atoms with Crippen LogP contribution in [0.5, 0.6) is 0 Å². The molecular formula is C20H21N3O2. The fraction of sp³-hybridized carbons (Fsp3) is 0.250. The lowest BCUT2D eigenvalue weighted by atomic mass is 10.2. The molecule has 0 spiro atoms. The van der Waals surface area contributed by atoms with Gasteiger partial charge >= 0.3 is 0 Å². The van der Waals surface area contributed by atoms with Crippen molar-refractivity contribution in [3.05, 3.63) is 60.3 Å². The second-order valence-corrected chi connectivity index (χ2v) is 6.36. The Balaban J connectivity index is 1.44. The Morgan fingerprint density at radius 3 is 2.72 bits per heavy atom. The van der Waals surface area contributed by atoms with Crippen LogP contribution in [-0.2, 0) is 4.74 Å². The smallest absolute Gasteiger partial charge is 0.272 e. The molecular weight excluding hydrogens is 314 g/mol. The number of benzene rings is 2. The molecule has 5 heteroatoms. The summed E-state index contributed by atoms with van der Waals surface area (Å²) in [6.45, 7) is 1.91. The zero-order valence-corrected chi connectivity index (χ0v) is 14.2. The Hall–Kier alpha value is -2.79. The lowest BCUT2D eigenvalue weighted by Crippen LogP contribution is -2.22. The summed E-state index contributed by atoms with van der Waals surface area (Å²) in [7, 11) is 1.76. The van der Waals surface area contributed by atoms with Gasteiger partial charge in [-0.25, -0.2) is 0 Å². The van der Waals surface area contributed by atoms with E-state index in [0.29, 0.717) is 11.8 Å². The van der Waals surface area contributed by atoms with E-state index in [0.717, 1.165) is 41.8 Å². The first-order valence-electron chi connectivity index (χ1n) is 8.50. The number of fused-ring (bicyclic) bond motifs is 1. The van der Waals surface area contributed by atoms with E-state index in [1.54, 1.807) is 7.11 Å². The Labute approximate surface area is 146 Å². The van der Waals surface area contributed by atoms with Gasteiger partial charge in [-0.3, -0.25) is 4.79 Å². The quantitative estimate of drug-likeness (QED) is 0.765. The molecule has 4 rings (SSSR count). The molecule has 0 aliphatic carbocycles. The molecule has 2 N–H and O–H groups in total. The van der Waals surface area contributed by atoms with Crippen LogP contribution in [0, 0.1) is 0 Å². The number of amides is 1. The van der Waals surface area contributed by atoms with E-state index >= 15 is 0 Å². The van der Waals surface area contributed by atoms with Crippen molar-refractivity contribution in [2.75, 3.05) is 30.4 Å². The molecule has 2 heterocycles. The van der Waals surface area contributed by atoms with Gasteiger partial charge in [0.05, 0.1) is 6.10 Å². The van der Waals surface area contributed by atoms with Gasteiger partial charge in [-0.15, -0.1) is 0 Å². The predicted molar refractivity (Wildman–Crippen MR) is 100 cm³/mol. The van der Waals surface area contributed by atoms with Crippen LogP contribution in [0.15, 0.2) is 54.6 Å². The van der Waals surface area contributed by atoms with Crippen molar-refractivity contribution in [2.24, 2.45) is 0 Å². The first-order valence-corrected chi connectivity index (χ1v) is 8.50. The second kappa shape index (κ2) is 6.61. The van der Waals surface area contributed by atoms with Gasteiger partial charge in [0.15, 0.2) is 0 Å². The van der Waals surface area contributed by atoms with Gasteiger partial charge in [-0.2, -0.15) is 0 Å². The highest BCUT2D eigenvalue weighted by atomic mass is 16.5. The van der Waals surface area contributed by atoms with Crippen molar-refractivity contribution in [2.45, 2.75) is 12.5 Å². The van der Waals surface area contributed by atoms with Crippen molar-refractivity contribution in [1.29, 1.82) is 0 Å². The van der Waals surface area contributed by atoms with Gasteiger partial charge in [0.1, 0.15) is 5.69 Å². The zero-order chi connectivity index (χ0) is 17.2. The van der Waals surface area contributed by atoms with Crippen molar-refractivity contribution >= 4 is 28.2 Å². The largest absolute Gasteiger partial charge is 0.380 e. The summed E-state index contributed by atoms with van der Waals surface area (Å²) in [5.74, 6) is -0.135. The zero-order valence-electron chi connectivity index (χ0n) is 14.2. The first-order chi connectivity index (χ1) is 12.2. The molecule has 3 aromatic rings. The maximum atomic E-state index is 12.4. The Morgan fingerprint density at radius 2 is 2.00 bits per heavy atom. The van der Waals surface area contributed by atoms with Gasteiger partial charge in [-0.05, 0) is 42.8 Å². The Morgan fingerprint density at radius 1 is 1.20 bits per heavy atom. The van der Waals surface area contributed by atoms with E-state index in [9.17, 15) is 4.79 Å². The summed E-state index contributed by atoms with van der Waals surface area (Å²) in [5.41, 5.74) is 3.47. The number of H-pyrrole nitrogens is 1. The number of carbonyl (C=O) groups excluding carboxylic acids is 1. The van der Waals surface area contributed by atoms with Gasteiger partial charge in [0.25, 0.3) is 5.91 Å². The average Bonchev–Trinajstić information content (AvgIpc) is 3.29. The third-order valence-electron chi connectivity index (χ3n) is 4.74. The lowest BCUT2D eigenvalue weighted by molar-refractivity contribution is 0.102. The Bertz CT molecular complexity index is 852. The molecule has 1 unspecified atom stereocenters. The molecule has 2 aromatic carbocycles. The van der Waals surface area contributed by atoms with Gasteiger partial charge in [0.2, 0.25) is 0 Å². The minimum Gasteiger partial charge on any atom is -0.380 e. The third kappa shape index (κ3) is 3.23. The van der Waals surface area contributed by atoms with Crippen LogP contribution < -0.4 is 10.2 Å². The molecule has 1 saturated heterocycles. The highest BCUT2D eigenvalue weighted by Gasteiger charge is 2.22. The van der Waals surface area contributed by atoms with E-state index < -0.39 is 0 Å². The molecule has 5 nitrogen and oxygen atoms in total. The molecule has 1 atom stereocenters. The van der Waals surface area contributed by atoms with Crippen LogP contribution in [0.4, 0.5) is 11.4 Å². The number of nitrogens with zero attached hydrogens (tertiary/aromatic N) is 1. The van der Waals surface area contributed by atoms with E-state index in [1.165, 1.54) is 0 Å². The number of rotatable bonds is 4. The highest BCUT2D eigenvalue weighted by Crippen LogP contribution is 2.24. The van der Waals surface area contributed by atoms with Crippen molar-refractivity contribution in [3.63, 3.8) is 0 Å². The molecule has 1 aliphatic rings. The summed E-state index contributed by atoms with van der Waals surface area (Å²) in [5, 5.41) is 3.98. The second-order valence-electron chi connectivity index (χ2n) is 6.36. The van der Waals surface area contributed by atoms with Crippen LogP contribution in [0.2, 0.25) is 0 Å². The molecule has 0 radical (unpaired) electrons. The summed E-state index contributed by atoms with van der Waals surface area (Å²) >= 11 is 0. The Kier molecular flexibility index (Phi) is 4.15. The molecule has 1 fully saturated rings. The molecule has 0 bridgehead atoms. The van der Waals surface area contributed by atoms with Crippen molar-refractivity contribution < 1.29 is 9.53 Å². The van der Waals surface area contributed by atoms with E-state index in [-0.39, 0.29) is 5.91 Å². The van der Waals surface area contributed by atoms with Crippen LogP contribution >= 0.6 is 0 Å². The summed E-state index contributed by atoms with van der Waals surface area (Å²) in [6, 6.07) is 17.7. The van der Waals surface area contributed by atoms with Crippen LogP contribution in [-0.4, -0.2) is 37.2 Å². The third-order valence-corrected chi connectivity index (χ3v) is 4.74. The maximum Gasteiger partial charge on any atom is 0.272 e. The topological polar surface area (TPSA) is 57.4 Å². The summed E-state index contributed by atoms with van der Waals surface area (Å²) in [6.07, 6.45) is 1.36. The molecule has 1 aromatic heterocycles. The van der Waals surface area contributed by atoms with Gasteiger partial charge in [0, 0.05) is 42.5 Å². The number of nitrogens with one attached hydrogen (secondary N) is 2. The number of anilines is 2. The summed E-state index contributed by atoms with van der Waals surface area (Å²) < 4.78 is 5.41. The van der Waals surface area contributed by atoms with Crippen molar-refractivity contribution in [1.82, 2.24) is 4.98 Å². The first kappa shape index (κ1) is 15.7. The van der Waals surface area contributed by atoms with Crippen molar-refractivity contribution in [3.8, 4) is 0 Å². The standard InChI is InChI=1S/C20H21N3O2/c1-25-17-10-11-23(13-17)16-8-6-15(7-9-16)21-20(24)19-12-14-4-2-3-5-18(14)22-19/h2-9,12,17,22H,10-11,13H2,1H3,(H,21,24). The average molecular weight is 335 g/mol. The van der Waals surface area contributed by atoms with Crippen LogP contribution in [0.1, 0.15) is 16.9 Å². The SMILES string of the molecule is COC1CCN(c2ccc(NC(=O)c3cc4ccccc4[nH]3)cc2)C1. The maximum absolute atomic E-state index is 12.4. The van der Waals surface area contributed by atoms with E-state index in [4.69, 9.17) is 4.74 Å². The van der Waals surface area contributed by atoms with Gasteiger partial charge in [-0.1, -0.05) is 18.2 Å². The number of hydrogen-bond acceptors (Lipinski definition) is 3. The number of aromatic amines is 1. The number of ether oxygens (including phenoxy) is 1. The highest BCUT2D eigenvalue weighted by molar-refractivity contribution is 6.05. The predicted octanol–water partition coefficient (Wildman–Crippen LogP) is 3.65. The summed E-state index contributed by atoms with van der Waals surface area (Å²) in [4.78, 5) is 17.9. The molecule has 1 aliphatic heterocycles. The molecule has 25 heavy (non-hydrogen) atoms. The number of hydrogen-bond donors (Lipinski definition) is 2. The lowest BCUT2D eigenvalue weighted by Gasteiger charge is -2.18. The number of methoxy groups -OCH3 is 1. The number of aromatic nitrogens is 1. The van der Waals surface area contributed by atoms with Gasteiger partial charge < -0.3 is 19.9 Å². The fourth-order valence-electron chi connectivity index (χ4n) is 3.30. The number of carbonyl (C=O) groups is 1. The van der Waals surface area contributed by atoms with E-state index in [1.807, 2.05) is 54.6 Å². The monoisotopic (exact) mass is 335 g/mol. The minimum absolute atomic E-state index is 0.135. The molecule has 0 saturated carbocycles. The normalized spacial score (nSPS) is 17.2. The van der Waals surface area contributed by atoms with E-state index in [2.05, 4.69) is 15.2 Å². The minimum atomic E-state index is -0.135. The molecule has 128 valence electrons. The van der Waals surface area contributed by atoms with Crippen LogP contribution in [0.3, 0.4) is 0 Å². The fourth-order valence-corrected chi connectivity index (χ4v) is 3.30. The number of para-hydroxylation sites is 1. The molecule has 1 amide bonds. The van der Waals surface area contributed by atoms with Crippen LogP contribution in [0.25, 0.3) is 10.9 Å².